The summed E-state index contributed by atoms with van der Waals surface area (Å²) in [7, 11) is 0. The van der Waals surface area contributed by atoms with Crippen LogP contribution in [0.1, 0.15) is 5.56 Å². The van der Waals surface area contributed by atoms with Crippen molar-refractivity contribution >= 4 is 5.97 Å². The molecule has 1 aromatic heterocycles. The average molecular weight is 230 g/mol. The fourth-order valence-electron chi connectivity index (χ4n) is 1.72. The number of nitrogens with two attached hydrogens (primary N) is 1. The number of hydrogen-bond donors (Lipinski definition) is 3. The molecule has 2 rings (SSSR count). The van der Waals surface area contributed by atoms with Crippen LogP contribution in [0.15, 0.2) is 42.6 Å². The fraction of sp³-hybridized carbons (Fsp3) is 0.154. The zero-order chi connectivity index (χ0) is 12.3. The zero-order valence-corrected chi connectivity index (χ0v) is 9.26. The monoisotopic (exact) mass is 230 g/mol. The number of aromatic nitrogens is 1. The molecule has 1 heterocycles. The molecule has 0 bridgehead atoms. The summed E-state index contributed by atoms with van der Waals surface area (Å²) in [5.41, 5.74) is 8.48. The number of hydrogen-bond acceptors (Lipinski definition) is 2. The molecular formula is C13H14N2O2. The molecule has 4 N–H and O–H groups in total. The van der Waals surface area contributed by atoms with Crippen molar-refractivity contribution in [3.63, 3.8) is 0 Å². The Balaban J connectivity index is 2.20. The molecule has 17 heavy (non-hydrogen) atoms. The van der Waals surface area contributed by atoms with E-state index in [9.17, 15) is 4.79 Å². The van der Waals surface area contributed by atoms with Gasteiger partial charge in [0.1, 0.15) is 6.04 Å². The first-order valence-corrected chi connectivity index (χ1v) is 5.38. The van der Waals surface area contributed by atoms with Crippen LogP contribution in [0.3, 0.4) is 0 Å². The Labute approximate surface area is 99.1 Å². The van der Waals surface area contributed by atoms with Gasteiger partial charge in [-0.3, -0.25) is 4.79 Å². The van der Waals surface area contributed by atoms with Crippen LogP contribution in [0.25, 0.3) is 11.3 Å². The lowest BCUT2D eigenvalue weighted by atomic mass is 10.0. The largest absolute Gasteiger partial charge is 0.480 e. The van der Waals surface area contributed by atoms with Gasteiger partial charge < -0.3 is 15.8 Å². The Morgan fingerprint density at radius 2 is 2.18 bits per heavy atom. The van der Waals surface area contributed by atoms with Gasteiger partial charge in [-0.05, 0) is 35.7 Å². The van der Waals surface area contributed by atoms with Gasteiger partial charge in [0.05, 0.1) is 0 Å². The number of carboxylic acid groups (broad SMARTS) is 1. The van der Waals surface area contributed by atoms with Crippen molar-refractivity contribution in [2.75, 3.05) is 0 Å². The number of benzene rings is 1. The lowest BCUT2D eigenvalue weighted by Gasteiger charge is -2.07. The molecule has 0 unspecified atom stereocenters. The van der Waals surface area contributed by atoms with E-state index in [1.165, 1.54) is 0 Å². The molecule has 88 valence electrons. The SMILES string of the molecule is N[C@@H](Cc1cccc(-c2ccc[nH]2)c1)C(=O)O. The van der Waals surface area contributed by atoms with E-state index in [2.05, 4.69) is 4.98 Å². The number of carbonyl (C=O) groups is 1. The van der Waals surface area contributed by atoms with Gasteiger partial charge >= 0.3 is 5.97 Å². The van der Waals surface area contributed by atoms with Crippen molar-refractivity contribution in [1.29, 1.82) is 0 Å². The molecule has 4 heteroatoms. The quantitative estimate of drug-likeness (QED) is 0.747. The molecule has 0 aliphatic heterocycles. The molecule has 0 fully saturated rings. The van der Waals surface area contributed by atoms with Gasteiger partial charge in [0.15, 0.2) is 0 Å². The third-order valence-corrected chi connectivity index (χ3v) is 2.61. The molecule has 0 saturated carbocycles. The summed E-state index contributed by atoms with van der Waals surface area (Å²) in [5, 5.41) is 8.77. The van der Waals surface area contributed by atoms with Gasteiger partial charge in [-0.15, -0.1) is 0 Å². The van der Waals surface area contributed by atoms with Crippen LogP contribution in [-0.2, 0) is 11.2 Å². The van der Waals surface area contributed by atoms with Gasteiger partial charge in [0, 0.05) is 11.9 Å². The summed E-state index contributed by atoms with van der Waals surface area (Å²) in [6, 6.07) is 10.8. The standard InChI is InChI=1S/C13H14N2O2/c14-11(13(16)17)8-9-3-1-4-10(7-9)12-5-2-6-15-12/h1-7,11,15H,8,14H2,(H,16,17)/t11-/m0/s1. The van der Waals surface area contributed by atoms with E-state index >= 15 is 0 Å². The van der Waals surface area contributed by atoms with Crippen molar-refractivity contribution in [2.24, 2.45) is 5.73 Å². The highest BCUT2D eigenvalue weighted by molar-refractivity contribution is 5.73. The first kappa shape index (κ1) is 11.4. The Bertz CT molecular complexity index is 506. The van der Waals surface area contributed by atoms with Gasteiger partial charge in [-0.25, -0.2) is 0 Å². The van der Waals surface area contributed by atoms with E-state index in [4.69, 9.17) is 10.8 Å². The smallest absolute Gasteiger partial charge is 0.320 e. The molecule has 0 spiro atoms. The van der Waals surface area contributed by atoms with Crippen molar-refractivity contribution in [3.05, 3.63) is 48.2 Å². The Morgan fingerprint density at radius 1 is 1.35 bits per heavy atom. The normalized spacial score (nSPS) is 12.3. The predicted octanol–water partition coefficient (Wildman–Crippen LogP) is 1.64. The first-order valence-electron chi connectivity index (χ1n) is 5.38. The lowest BCUT2D eigenvalue weighted by Crippen LogP contribution is -2.32. The Morgan fingerprint density at radius 3 is 2.82 bits per heavy atom. The number of H-pyrrole nitrogens is 1. The van der Waals surface area contributed by atoms with Crippen LogP contribution in [-0.4, -0.2) is 22.1 Å². The van der Waals surface area contributed by atoms with Crippen molar-refractivity contribution < 1.29 is 9.90 Å². The van der Waals surface area contributed by atoms with Crippen molar-refractivity contribution in [3.8, 4) is 11.3 Å². The van der Waals surface area contributed by atoms with Crippen LogP contribution in [0, 0.1) is 0 Å². The van der Waals surface area contributed by atoms with Gasteiger partial charge in [-0.2, -0.15) is 0 Å². The molecule has 1 aromatic carbocycles. The molecule has 4 nitrogen and oxygen atoms in total. The second-order valence-electron chi connectivity index (χ2n) is 3.93. The Hall–Kier alpha value is -2.07. The number of aliphatic carboxylic acids is 1. The minimum absolute atomic E-state index is 0.337. The van der Waals surface area contributed by atoms with Crippen LogP contribution in [0.2, 0.25) is 0 Å². The summed E-state index contributed by atoms with van der Waals surface area (Å²) < 4.78 is 0. The number of nitrogens with one attached hydrogen (secondary N) is 1. The first-order chi connectivity index (χ1) is 8.16. The molecule has 0 aliphatic rings. The number of rotatable bonds is 4. The second-order valence-corrected chi connectivity index (χ2v) is 3.93. The summed E-state index contributed by atoms with van der Waals surface area (Å²) in [5.74, 6) is -0.977. The summed E-state index contributed by atoms with van der Waals surface area (Å²) in [6.07, 6.45) is 2.19. The fourth-order valence-corrected chi connectivity index (χ4v) is 1.72. The van der Waals surface area contributed by atoms with Crippen LogP contribution >= 0.6 is 0 Å². The van der Waals surface area contributed by atoms with E-state index in [1.807, 2.05) is 42.6 Å². The average Bonchev–Trinajstić information content (AvgIpc) is 2.82. The van der Waals surface area contributed by atoms with Crippen molar-refractivity contribution in [2.45, 2.75) is 12.5 Å². The maximum Gasteiger partial charge on any atom is 0.320 e. The van der Waals surface area contributed by atoms with E-state index < -0.39 is 12.0 Å². The zero-order valence-electron chi connectivity index (χ0n) is 9.26. The highest BCUT2D eigenvalue weighted by atomic mass is 16.4. The van der Waals surface area contributed by atoms with Crippen molar-refractivity contribution in [1.82, 2.24) is 4.98 Å². The molecule has 0 aliphatic carbocycles. The molecule has 0 saturated heterocycles. The lowest BCUT2D eigenvalue weighted by molar-refractivity contribution is -0.138. The minimum atomic E-state index is -0.977. The second kappa shape index (κ2) is 4.84. The molecule has 1 atom stereocenters. The molecular weight excluding hydrogens is 216 g/mol. The molecule has 0 amide bonds. The van der Waals surface area contributed by atoms with E-state index in [0.29, 0.717) is 6.42 Å². The van der Waals surface area contributed by atoms with Crippen LogP contribution in [0.5, 0.6) is 0 Å². The molecule has 0 radical (unpaired) electrons. The third kappa shape index (κ3) is 2.73. The van der Waals surface area contributed by atoms with Crippen LogP contribution < -0.4 is 5.73 Å². The predicted molar refractivity (Wildman–Crippen MR) is 65.5 cm³/mol. The summed E-state index contributed by atoms with van der Waals surface area (Å²) >= 11 is 0. The maximum atomic E-state index is 10.7. The topological polar surface area (TPSA) is 79.1 Å². The summed E-state index contributed by atoms with van der Waals surface area (Å²) in [6.45, 7) is 0. The number of aromatic amines is 1. The van der Waals surface area contributed by atoms with E-state index in [0.717, 1.165) is 16.8 Å². The molecule has 2 aromatic rings. The number of carboxylic acids is 1. The van der Waals surface area contributed by atoms with E-state index in [-0.39, 0.29) is 0 Å². The van der Waals surface area contributed by atoms with Gasteiger partial charge in [0.25, 0.3) is 0 Å². The Kier molecular flexibility index (Phi) is 3.25. The van der Waals surface area contributed by atoms with Crippen LogP contribution in [0.4, 0.5) is 0 Å². The van der Waals surface area contributed by atoms with E-state index in [1.54, 1.807) is 0 Å². The highest BCUT2D eigenvalue weighted by Crippen LogP contribution is 2.18. The third-order valence-electron chi connectivity index (χ3n) is 2.61. The minimum Gasteiger partial charge on any atom is -0.480 e. The highest BCUT2D eigenvalue weighted by Gasteiger charge is 2.12. The summed E-state index contributed by atoms with van der Waals surface area (Å²) in [4.78, 5) is 13.8. The van der Waals surface area contributed by atoms with Gasteiger partial charge in [-0.1, -0.05) is 18.2 Å². The van der Waals surface area contributed by atoms with Gasteiger partial charge in [0.2, 0.25) is 0 Å². The maximum absolute atomic E-state index is 10.7.